The average molecular weight is 231 g/mol. The molecule has 3 nitrogen and oxygen atoms in total. The smallest absolute Gasteiger partial charge is 0.0611 e. The van der Waals surface area contributed by atoms with Crippen LogP contribution in [0.25, 0.3) is 0 Å². The highest BCUT2D eigenvalue weighted by Gasteiger charge is 2.12. The van der Waals surface area contributed by atoms with Gasteiger partial charge in [-0.05, 0) is 28.1 Å². The van der Waals surface area contributed by atoms with Gasteiger partial charge in [-0.15, -0.1) is 0 Å². The van der Waals surface area contributed by atoms with Crippen molar-refractivity contribution < 1.29 is 5.11 Å². The van der Waals surface area contributed by atoms with Gasteiger partial charge in [-0.25, -0.2) is 0 Å². The highest BCUT2D eigenvalue weighted by atomic mass is 79.9. The highest BCUT2D eigenvalue weighted by Crippen LogP contribution is 2.20. The van der Waals surface area contributed by atoms with Crippen LogP contribution >= 0.6 is 15.9 Å². The number of nitrogens with zero attached hydrogens (tertiary/aromatic N) is 1. The molecular weight excluding hydrogens is 220 g/mol. The van der Waals surface area contributed by atoms with Gasteiger partial charge in [-0.2, -0.15) is 0 Å². The summed E-state index contributed by atoms with van der Waals surface area (Å²) in [7, 11) is 0. The normalized spacial score (nSPS) is 12.9. The molecule has 12 heavy (non-hydrogen) atoms. The number of aromatic nitrogens is 1. The summed E-state index contributed by atoms with van der Waals surface area (Å²) in [5.41, 5.74) is 6.29. The van der Waals surface area contributed by atoms with Crippen molar-refractivity contribution in [3.8, 4) is 0 Å². The first-order valence-corrected chi connectivity index (χ1v) is 4.50. The fourth-order valence-corrected chi connectivity index (χ4v) is 1.55. The third kappa shape index (κ3) is 2.03. The SMILES string of the molecule is NCC(CO)c1ncccc1Br. The molecule has 0 aliphatic rings. The second kappa shape index (κ2) is 4.54. The van der Waals surface area contributed by atoms with Crippen LogP contribution in [0.2, 0.25) is 0 Å². The number of pyridine rings is 1. The molecule has 0 radical (unpaired) electrons. The lowest BCUT2D eigenvalue weighted by molar-refractivity contribution is 0.265. The topological polar surface area (TPSA) is 59.1 Å². The van der Waals surface area contributed by atoms with Gasteiger partial charge in [0.25, 0.3) is 0 Å². The Hall–Kier alpha value is -0.450. The number of halogens is 1. The van der Waals surface area contributed by atoms with E-state index < -0.39 is 0 Å². The van der Waals surface area contributed by atoms with Gasteiger partial charge < -0.3 is 10.8 Å². The van der Waals surface area contributed by atoms with Crippen molar-refractivity contribution in [3.05, 3.63) is 28.5 Å². The lowest BCUT2D eigenvalue weighted by Gasteiger charge is -2.11. The Morgan fingerprint density at radius 3 is 2.92 bits per heavy atom. The van der Waals surface area contributed by atoms with E-state index in [9.17, 15) is 0 Å². The van der Waals surface area contributed by atoms with E-state index in [4.69, 9.17) is 10.8 Å². The summed E-state index contributed by atoms with van der Waals surface area (Å²) in [4.78, 5) is 4.13. The van der Waals surface area contributed by atoms with Crippen LogP contribution in [0.1, 0.15) is 11.6 Å². The standard InChI is InChI=1S/C8H11BrN2O/c9-7-2-1-3-11-8(7)6(4-10)5-12/h1-3,6,12H,4-5,10H2. The number of nitrogens with two attached hydrogens (primary N) is 1. The van der Waals surface area contributed by atoms with E-state index in [-0.39, 0.29) is 12.5 Å². The Kier molecular flexibility index (Phi) is 3.65. The molecule has 1 heterocycles. The van der Waals surface area contributed by atoms with Crippen LogP contribution in [-0.4, -0.2) is 23.2 Å². The van der Waals surface area contributed by atoms with Gasteiger partial charge in [-0.3, -0.25) is 4.98 Å². The van der Waals surface area contributed by atoms with Crippen molar-refractivity contribution >= 4 is 15.9 Å². The Bertz CT molecular complexity index is 251. The molecule has 66 valence electrons. The molecule has 1 aromatic heterocycles. The summed E-state index contributed by atoms with van der Waals surface area (Å²) in [6.07, 6.45) is 1.69. The third-order valence-electron chi connectivity index (χ3n) is 1.68. The lowest BCUT2D eigenvalue weighted by Crippen LogP contribution is -2.17. The summed E-state index contributed by atoms with van der Waals surface area (Å²) in [5.74, 6) is -0.0689. The first-order chi connectivity index (χ1) is 5.79. The maximum absolute atomic E-state index is 8.96. The average Bonchev–Trinajstić information content (AvgIpc) is 2.10. The van der Waals surface area contributed by atoms with Crippen LogP contribution in [-0.2, 0) is 0 Å². The Morgan fingerprint density at radius 1 is 1.67 bits per heavy atom. The van der Waals surface area contributed by atoms with Crippen molar-refractivity contribution in [1.29, 1.82) is 0 Å². The van der Waals surface area contributed by atoms with Gasteiger partial charge >= 0.3 is 0 Å². The van der Waals surface area contributed by atoms with E-state index in [0.29, 0.717) is 6.54 Å². The molecule has 0 saturated carbocycles. The van der Waals surface area contributed by atoms with Crippen LogP contribution in [0.15, 0.2) is 22.8 Å². The Morgan fingerprint density at radius 2 is 2.42 bits per heavy atom. The van der Waals surface area contributed by atoms with Crippen molar-refractivity contribution in [2.45, 2.75) is 5.92 Å². The molecule has 0 fully saturated rings. The van der Waals surface area contributed by atoms with E-state index in [2.05, 4.69) is 20.9 Å². The molecule has 0 amide bonds. The second-order valence-electron chi connectivity index (χ2n) is 2.49. The maximum atomic E-state index is 8.96. The number of hydrogen-bond acceptors (Lipinski definition) is 3. The molecule has 0 aliphatic carbocycles. The first-order valence-electron chi connectivity index (χ1n) is 3.71. The molecular formula is C8H11BrN2O. The second-order valence-corrected chi connectivity index (χ2v) is 3.34. The van der Waals surface area contributed by atoms with E-state index in [0.717, 1.165) is 10.2 Å². The minimum absolute atomic E-state index is 0.0338. The molecule has 0 bridgehead atoms. The van der Waals surface area contributed by atoms with Gasteiger partial charge in [0.1, 0.15) is 0 Å². The van der Waals surface area contributed by atoms with E-state index in [1.165, 1.54) is 0 Å². The quantitative estimate of drug-likeness (QED) is 0.811. The largest absolute Gasteiger partial charge is 0.396 e. The van der Waals surface area contributed by atoms with Crippen LogP contribution in [0.3, 0.4) is 0 Å². The molecule has 4 heteroatoms. The fourth-order valence-electron chi connectivity index (χ4n) is 0.971. The summed E-state index contributed by atoms with van der Waals surface area (Å²) >= 11 is 3.35. The number of aliphatic hydroxyl groups is 1. The zero-order valence-corrected chi connectivity index (χ0v) is 8.16. The summed E-state index contributed by atoms with van der Waals surface area (Å²) < 4.78 is 0.898. The van der Waals surface area contributed by atoms with Gasteiger partial charge in [0, 0.05) is 23.1 Å². The molecule has 1 unspecified atom stereocenters. The van der Waals surface area contributed by atoms with Gasteiger partial charge in [-0.1, -0.05) is 0 Å². The van der Waals surface area contributed by atoms with E-state index >= 15 is 0 Å². The maximum Gasteiger partial charge on any atom is 0.0611 e. The lowest BCUT2D eigenvalue weighted by atomic mass is 10.1. The number of hydrogen-bond donors (Lipinski definition) is 2. The van der Waals surface area contributed by atoms with Crippen LogP contribution in [0, 0.1) is 0 Å². The van der Waals surface area contributed by atoms with Crippen LogP contribution in [0.4, 0.5) is 0 Å². The van der Waals surface area contributed by atoms with Crippen molar-refractivity contribution in [2.75, 3.05) is 13.2 Å². The summed E-state index contributed by atoms with van der Waals surface area (Å²) in [6.45, 7) is 0.443. The molecule has 0 aliphatic heterocycles. The van der Waals surface area contributed by atoms with Crippen LogP contribution in [0.5, 0.6) is 0 Å². The molecule has 0 aromatic carbocycles. The van der Waals surface area contributed by atoms with Crippen molar-refractivity contribution in [1.82, 2.24) is 4.98 Å². The first kappa shape index (κ1) is 9.64. The molecule has 1 atom stereocenters. The third-order valence-corrected chi connectivity index (χ3v) is 2.35. The van der Waals surface area contributed by atoms with Gasteiger partial charge in [0.2, 0.25) is 0 Å². The minimum atomic E-state index is -0.0689. The van der Waals surface area contributed by atoms with E-state index in [1.54, 1.807) is 6.20 Å². The van der Waals surface area contributed by atoms with Crippen LogP contribution < -0.4 is 5.73 Å². The zero-order valence-electron chi connectivity index (χ0n) is 6.57. The molecule has 0 saturated heterocycles. The molecule has 0 spiro atoms. The monoisotopic (exact) mass is 230 g/mol. The van der Waals surface area contributed by atoms with Crippen molar-refractivity contribution in [3.63, 3.8) is 0 Å². The number of rotatable bonds is 3. The van der Waals surface area contributed by atoms with Gasteiger partial charge in [0.05, 0.1) is 12.3 Å². The molecule has 1 rings (SSSR count). The summed E-state index contributed by atoms with van der Waals surface area (Å²) in [5, 5.41) is 8.96. The van der Waals surface area contributed by atoms with Gasteiger partial charge in [0.15, 0.2) is 0 Å². The number of aliphatic hydroxyl groups excluding tert-OH is 1. The van der Waals surface area contributed by atoms with E-state index in [1.807, 2.05) is 12.1 Å². The summed E-state index contributed by atoms with van der Waals surface area (Å²) in [6, 6.07) is 3.72. The Labute approximate surface area is 79.7 Å². The predicted octanol–water partition coefficient (Wildman–Crippen LogP) is 0.879. The predicted molar refractivity (Wildman–Crippen MR) is 50.8 cm³/mol. The Balaban J connectivity index is 2.92. The minimum Gasteiger partial charge on any atom is -0.396 e. The van der Waals surface area contributed by atoms with Crippen molar-refractivity contribution in [2.24, 2.45) is 5.73 Å². The molecule has 1 aromatic rings. The zero-order chi connectivity index (χ0) is 8.97. The molecule has 3 N–H and O–H groups in total. The highest BCUT2D eigenvalue weighted by molar-refractivity contribution is 9.10. The fraction of sp³-hybridized carbons (Fsp3) is 0.375.